The third kappa shape index (κ3) is 4.79. The van der Waals surface area contributed by atoms with Crippen LogP contribution in [0.25, 0.3) is 0 Å². The molecule has 0 saturated carbocycles. The zero-order chi connectivity index (χ0) is 20.2. The molecule has 0 radical (unpaired) electrons. The Balaban J connectivity index is 1.33. The SMILES string of the molecule is O=C(CN1CCN(c2cc(Oc3ccc(F)c(F)c3)ncn2)CC1)N1CCCC1. The minimum Gasteiger partial charge on any atom is -0.439 e. The first-order valence-electron chi connectivity index (χ1n) is 9.78. The third-order valence-electron chi connectivity index (χ3n) is 5.25. The molecule has 0 unspecified atom stereocenters. The Bertz CT molecular complexity index is 868. The summed E-state index contributed by atoms with van der Waals surface area (Å²) < 4.78 is 31.9. The third-order valence-corrected chi connectivity index (χ3v) is 5.25. The molecule has 2 fully saturated rings. The second kappa shape index (κ2) is 8.69. The van der Waals surface area contributed by atoms with E-state index in [1.165, 1.54) is 12.4 Å². The van der Waals surface area contributed by atoms with Gasteiger partial charge < -0.3 is 14.5 Å². The number of hydrogen-bond donors (Lipinski definition) is 0. The van der Waals surface area contributed by atoms with Crippen molar-refractivity contribution in [2.24, 2.45) is 0 Å². The number of rotatable bonds is 5. The molecule has 7 nitrogen and oxygen atoms in total. The highest BCUT2D eigenvalue weighted by molar-refractivity contribution is 5.78. The molecule has 0 bridgehead atoms. The van der Waals surface area contributed by atoms with Crippen molar-refractivity contribution in [3.05, 3.63) is 42.2 Å². The van der Waals surface area contributed by atoms with Gasteiger partial charge in [-0.3, -0.25) is 9.69 Å². The van der Waals surface area contributed by atoms with E-state index in [9.17, 15) is 13.6 Å². The smallest absolute Gasteiger partial charge is 0.236 e. The molecule has 2 aromatic rings. The van der Waals surface area contributed by atoms with Crippen LogP contribution in [-0.4, -0.2) is 71.5 Å². The standard InChI is InChI=1S/C20H23F2N5O2/c21-16-4-3-15(11-17(16)22)29-19-12-18(23-14-24-19)26-9-7-25(8-10-26)13-20(28)27-5-1-2-6-27/h3-4,11-12,14H,1-2,5-10,13H2. The Morgan fingerprint density at radius 2 is 1.72 bits per heavy atom. The van der Waals surface area contributed by atoms with Gasteiger partial charge in [-0.2, -0.15) is 0 Å². The maximum absolute atomic E-state index is 13.4. The van der Waals surface area contributed by atoms with Crippen molar-refractivity contribution in [1.29, 1.82) is 0 Å². The summed E-state index contributed by atoms with van der Waals surface area (Å²) in [5.41, 5.74) is 0. The van der Waals surface area contributed by atoms with E-state index < -0.39 is 11.6 Å². The summed E-state index contributed by atoms with van der Waals surface area (Å²) in [6.45, 7) is 5.21. The summed E-state index contributed by atoms with van der Waals surface area (Å²) in [7, 11) is 0. The van der Waals surface area contributed by atoms with Crippen LogP contribution in [0.4, 0.5) is 14.6 Å². The predicted molar refractivity (Wildman–Crippen MR) is 103 cm³/mol. The number of anilines is 1. The van der Waals surface area contributed by atoms with Gasteiger partial charge in [0.05, 0.1) is 6.54 Å². The highest BCUT2D eigenvalue weighted by Gasteiger charge is 2.24. The number of likely N-dealkylation sites (tertiary alicyclic amines) is 1. The fraction of sp³-hybridized carbons (Fsp3) is 0.450. The molecule has 9 heteroatoms. The second-order valence-corrected chi connectivity index (χ2v) is 7.24. The van der Waals surface area contributed by atoms with Crippen LogP contribution >= 0.6 is 0 Å². The first-order valence-corrected chi connectivity index (χ1v) is 9.78. The lowest BCUT2D eigenvalue weighted by molar-refractivity contribution is -0.131. The Morgan fingerprint density at radius 1 is 0.966 bits per heavy atom. The van der Waals surface area contributed by atoms with Gasteiger partial charge in [-0.25, -0.2) is 18.7 Å². The Morgan fingerprint density at radius 3 is 2.45 bits per heavy atom. The highest BCUT2D eigenvalue weighted by atomic mass is 19.2. The number of amides is 1. The number of halogens is 2. The van der Waals surface area contributed by atoms with Gasteiger partial charge in [0, 0.05) is 51.4 Å². The van der Waals surface area contributed by atoms with E-state index in [0.717, 1.165) is 64.2 Å². The van der Waals surface area contributed by atoms with E-state index >= 15 is 0 Å². The van der Waals surface area contributed by atoms with Crippen molar-refractivity contribution in [3.63, 3.8) is 0 Å². The first-order chi connectivity index (χ1) is 14.1. The molecule has 0 aliphatic carbocycles. The maximum Gasteiger partial charge on any atom is 0.236 e. The molecule has 4 rings (SSSR count). The van der Waals surface area contributed by atoms with Crippen LogP contribution in [0.15, 0.2) is 30.6 Å². The van der Waals surface area contributed by atoms with E-state index in [2.05, 4.69) is 19.8 Å². The molecule has 154 valence electrons. The number of ether oxygens (including phenoxy) is 1. The lowest BCUT2D eigenvalue weighted by atomic mass is 10.3. The summed E-state index contributed by atoms with van der Waals surface area (Å²) in [4.78, 5) is 26.8. The van der Waals surface area contributed by atoms with Gasteiger partial charge in [0.2, 0.25) is 11.8 Å². The molecule has 29 heavy (non-hydrogen) atoms. The van der Waals surface area contributed by atoms with Crippen LogP contribution in [0.2, 0.25) is 0 Å². The van der Waals surface area contributed by atoms with Gasteiger partial charge in [0.15, 0.2) is 11.6 Å². The fourth-order valence-electron chi connectivity index (χ4n) is 3.61. The molecule has 0 atom stereocenters. The van der Waals surface area contributed by atoms with E-state index in [0.29, 0.717) is 12.4 Å². The second-order valence-electron chi connectivity index (χ2n) is 7.24. The highest BCUT2D eigenvalue weighted by Crippen LogP contribution is 2.24. The van der Waals surface area contributed by atoms with Crippen molar-refractivity contribution >= 4 is 11.7 Å². The Kier molecular flexibility index (Phi) is 5.84. The van der Waals surface area contributed by atoms with Crippen molar-refractivity contribution in [2.45, 2.75) is 12.8 Å². The molecule has 0 spiro atoms. The molecule has 3 heterocycles. The zero-order valence-corrected chi connectivity index (χ0v) is 16.1. The molecular weight excluding hydrogens is 380 g/mol. The Labute approximate surface area is 167 Å². The lowest BCUT2D eigenvalue weighted by Crippen LogP contribution is -2.50. The molecule has 1 aromatic heterocycles. The fourth-order valence-corrected chi connectivity index (χ4v) is 3.61. The minimum atomic E-state index is -0.976. The van der Waals surface area contributed by atoms with Gasteiger partial charge in [-0.15, -0.1) is 0 Å². The molecule has 2 saturated heterocycles. The maximum atomic E-state index is 13.4. The number of piperazine rings is 1. The normalized spacial score (nSPS) is 17.6. The van der Waals surface area contributed by atoms with Gasteiger partial charge in [-0.1, -0.05) is 0 Å². The Hall–Kier alpha value is -2.81. The molecule has 1 aromatic carbocycles. The number of carbonyl (C=O) groups excluding carboxylic acids is 1. The first kappa shape index (κ1) is 19.5. The number of nitrogens with zero attached hydrogens (tertiary/aromatic N) is 5. The van der Waals surface area contributed by atoms with E-state index in [1.54, 1.807) is 6.07 Å². The van der Waals surface area contributed by atoms with Crippen LogP contribution in [-0.2, 0) is 4.79 Å². The van der Waals surface area contributed by atoms with E-state index in [-0.39, 0.29) is 17.5 Å². The van der Waals surface area contributed by atoms with Gasteiger partial charge in [0.25, 0.3) is 0 Å². The molecule has 2 aliphatic heterocycles. The summed E-state index contributed by atoms with van der Waals surface area (Å²) >= 11 is 0. The van der Waals surface area contributed by atoms with Crippen LogP contribution in [0.5, 0.6) is 11.6 Å². The van der Waals surface area contributed by atoms with Crippen molar-refractivity contribution in [3.8, 4) is 11.6 Å². The number of aromatic nitrogens is 2. The summed E-state index contributed by atoms with van der Waals surface area (Å²) in [6, 6.07) is 5.01. The van der Waals surface area contributed by atoms with Gasteiger partial charge in [0.1, 0.15) is 17.9 Å². The van der Waals surface area contributed by atoms with Crippen LogP contribution in [0, 0.1) is 11.6 Å². The number of benzene rings is 1. The van der Waals surface area contributed by atoms with Crippen LogP contribution in [0.1, 0.15) is 12.8 Å². The quantitative estimate of drug-likeness (QED) is 0.764. The van der Waals surface area contributed by atoms with Crippen LogP contribution in [0.3, 0.4) is 0 Å². The number of carbonyl (C=O) groups is 1. The molecule has 0 N–H and O–H groups in total. The lowest BCUT2D eigenvalue weighted by Gasteiger charge is -2.35. The van der Waals surface area contributed by atoms with Crippen LogP contribution < -0.4 is 9.64 Å². The molecule has 1 amide bonds. The topological polar surface area (TPSA) is 61.8 Å². The zero-order valence-electron chi connectivity index (χ0n) is 16.1. The van der Waals surface area contributed by atoms with E-state index in [1.807, 2.05) is 4.90 Å². The van der Waals surface area contributed by atoms with Crippen molar-refractivity contribution < 1.29 is 18.3 Å². The minimum absolute atomic E-state index is 0.166. The average Bonchev–Trinajstić information content (AvgIpc) is 3.27. The summed E-state index contributed by atoms with van der Waals surface area (Å²) in [5, 5.41) is 0. The van der Waals surface area contributed by atoms with Gasteiger partial charge >= 0.3 is 0 Å². The number of hydrogen-bond acceptors (Lipinski definition) is 6. The molecule has 2 aliphatic rings. The van der Waals surface area contributed by atoms with Crippen molar-refractivity contribution in [1.82, 2.24) is 19.8 Å². The van der Waals surface area contributed by atoms with Crippen molar-refractivity contribution in [2.75, 3.05) is 50.7 Å². The largest absolute Gasteiger partial charge is 0.439 e. The summed E-state index contributed by atoms with van der Waals surface area (Å²) in [5.74, 6) is -0.576. The monoisotopic (exact) mass is 403 g/mol. The summed E-state index contributed by atoms with van der Waals surface area (Å²) in [6.07, 6.45) is 3.58. The predicted octanol–water partition coefficient (Wildman–Crippen LogP) is 2.29. The van der Waals surface area contributed by atoms with E-state index in [4.69, 9.17) is 4.74 Å². The average molecular weight is 403 g/mol. The molecular formula is C20H23F2N5O2. The van der Waals surface area contributed by atoms with Gasteiger partial charge in [-0.05, 0) is 25.0 Å².